The number of nitrogens with one attached hydrogen (secondary N) is 2. The maximum Gasteiger partial charge on any atom is 0.0964 e. The molecule has 0 unspecified atom stereocenters. The van der Waals surface area contributed by atoms with E-state index in [1.807, 2.05) is 36.4 Å². The Morgan fingerprint density at radius 2 is 0.983 bits per heavy atom. The van der Waals surface area contributed by atoms with Crippen LogP contribution in [0.15, 0.2) is 181 Å². The summed E-state index contributed by atoms with van der Waals surface area (Å²) in [6, 6.07) is 55.7. The first-order chi connectivity index (χ1) is 29.6. The molecule has 2 N–H and O–H groups in total. The molecule has 0 saturated carbocycles. The van der Waals surface area contributed by atoms with E-state index < -0.39 is 0 Å². The van der Waals surface area contributed by atoms with Crippen LogP contribution in [-0.4, -0.2) is 33.0 Å². The Bertz CT molecular complexity index is 2150. The fourth-order valence-electron chi connectivity index (χ4n) is 7.80. The van der Waals surface area contributed by atoms with Crippen LogP contribution in [0.3, 0.4) is 0 Å². The number of hydrogen-bond acceptors (Lipinski definition) is 6. The van der Waals surface area contributed by atoms with Crippen molar-refractivity contribution in [3.63, 3.8) is 0 Å². The van der Waals surface area contributed by atoms with Gasteiger partial charge in [-0.3, -0.25) is 0 Å². The fraction of sp³-hybridized carbons (Fsp3) is 0.259. The van der Waals surface area contributed by atoms with E-state index in [4.69, 9.17) is 14.2 Å². The Morgan fingerprint density at radius 3 is 1.42 bits per heavy atom. The lowest BCUT2D eigenvalue weighted by Gasteiger charge is -2.40. The topological polar surface area (TPSA) is 55.0 Å². The van der Waals surface area contributed by atoms with E-state index in [9.17, 15) is 0 Å². The largest absolute Gasteiger partial charge is 0.498 e. The van der Waals surface area contributed by atoms with Gasteiger partial charge in [-0.25, -0.2) is 0 Å². The molecular weight excluding hydrogens is 739 g/mol. The molecule has 2 aliphatic rings. The van der Waals surface area contributed by atoms with Crippen LogP contribution in [0.5, 0.6) is 0 Å². The van der Waals surface area contributed by atoms with Gasteiger partial charge in [0.2, 0.25) is 0 Å². The molecule has 1 saturated heterocycles. The van der Waals surface area contributed by atoms with Crippen LogP contribution in [0.4, 0.5) is 34.1 Å². The maximum atomic E-state index is 6.29. The summed E-state index contributed by atoms with van der Waals surface area (Å²) in [7, 11) is 0. The predicted molar refractivity (Wildman–Crippen MR) is 250 cm³/mol. The van der Waals surface area contributed by atoms with Crippen LogP contribution in [0.1, 0.15) is 51.9 Å². The van der Waals surface area contributed by atoms with Gasteiger partial charge >= 0.3 is 0 Å². The van der Waals surface area contributed by atoms with Crippen molar-refractivity contribution >= 4 is 34.1 Å². The molecule has 1 aliphatic heterocycles. The first kappa shape index (κ1) is 40.7. The second-order valence-corrected chi connectivity index (χ2v) is 16.0. The average molecular weight is 796 g/mol. The number of rotatable bonds is 20. The van der Waals surface area contributed by atoms with Crippen LogP contribution >= 0.6 is 0 Å². The van der Waals surface area contributed by atoms with Crippen LogP contribution in [0, 0.1) is 5.41 Å². The van der Waals surface area contributed by atoms with Crippen molar-refractivity contribution in [2.75, 3.05) is 48.6 Å². The van der Waals surface area contributed by atoms with Gasteiger partial charge in [0.15, 0.2) is 0 Å². The summed E-state index contributed by atoms with van der Waals surface area (Å²) >= 11 is 0. The van der Waals surface area contributed by atoms with E-state index in [2.05, 4.69) is 156 Å². The highest BCUT2D eigenvalue weighted by molar-refractivity contribution is 5.76. The van der Waals surface area contributed by atoms with Crippen molar-refractivity contribution in [1.82, 2.24) is 0 Å². The molecular formula is C54H57N3O3. The molecule has 1 fully saturated rings. The Kier molecular flexibility index (Phi) is 13.7. The van der Waals surface area contributed by atoms with Crippen LogP contribution < -0.4 is 15.5 Å². The zero-order valence-electron chi connectivity index (χ0n) is 34.8. The van der Waals surface area contributed by atoms with Gasteiger partial charge < -0.3 is 29.7 Å². The smallest absolute Gasteiger partial charge is 0.0964 e. The Balaban J connectivity index is 0.922. The number of ether oxygens (including phenoxy) is 3. The van der Waals surface area contributed by atoms with Gasteiger partial charge in [0.05, 0.1) is 32.2 Å². The number of nitrogens with zero attached hydrogens (tertiary/aromatic N) is 1. The first-order valence-corrected chi connectivity index (χ1v) is 21.7. The summed E-state index contributed by atoms with van der Waals surface area (Å²) in [6.07, 6.45) is 11.8. The van der Waals surface area contributed by atoms with Gasteiger partial charge in [-0.2, -0.15) is 0 Å². The highest BCUT2D eigenvalue weighted by Gasteiger charge is 2.36. The predicted octanol–water partition coefficient (Wildman–Crippen LogP) is 14.2. The first-order valence-electron chi connectivity index (χ1n) is 21.7. The van der Waals surface area contributed by atoms with E-state index in [1.165, 1.54) is 34.4 Å². The minimum Gasteiger partial charge on any atom is -0.498 e. The number of unbranched alkanes of at least 4 members (excludes halogenated alkanes) is 3. The standard InChI is InChI=1S/C54H57N3O3/c1-2-54(40-59-41-54)39-58-37-11-3-4-12-38-60-53-35-33-52(34-36-53)57(50-29-21-44(22-30-50)42-17-25-48(26-18-42)55-46-13-7-5-8-14-46)51-31-23-45(24-32-51)43-19-27-49(28-20-43)56-47-15-9-6-10-16-47/h5-10,13-33,35,55-56H,2-4,11-12,34,36-41H2,1H3. The van der Waals surface area contributed by atoms with E-state index in [0.717, 1.165) is 111 Å². The Labute approximate surface area is 356 Å². The average Bonchev–Trinajstić information content (AvgIpc) is 3.29. The normalized spacial score (nSPS) is 14.3. The lowest BCUT2D eigenvalue weighted by atomic mass is 9.84. The lowest BCUT2D eigenvalue weighted by Crippen LogP contribution is -2.45. The minimum absolute atomic E-state index is 0.270. The van der Waals surface area contributed by atoms with Crippen molar-refractivity contribution in [3.8, 4) is 22.3 Å². The zero-order valence-corrected chi connectivity index (χ0v) is 34.8. The van der Waals surface area contributed by atoms with Gasteiger partial charge in [0, 0.05) is 58.3 Å². The molecule has 0 amide bonds. The molecule has 0 spiro atoms. The third kappa shape index (κ3) is 10.7. The highest BCUT2D eigenvalue weighted by Crippen LogP contribution is 2.37. The number of para-hydroxylation sites is 2. The van der Waals surface area contributed by atoms with Crippen LogP contribution in [0.2, 0.25) is 0 Å². The van der Waals surface area contributed by atoms with Crippen molar-refractivity contribution in [2.24, 2.45) is 5.41 Å². The van der Waals surface area contributed by atoms with E-state index in [0.29, 0.717) is 0 Å². The van der Waals surface area contributed by atoms with E-state index in [-0.39, 0.29) is 5.41 Å². The minimum atomic E-state index is 0.270. The van der Waals surface area contributed by atoms with Gasteiger partial charge in [0.1, 0.15) is 0 Å². The fourth-order valence-corrected chi connectivity index (χ4v) is 7.80. The number of anilines is 6. The van der Waals surface area contributed by atoms with E-state index >= 15 is 0 Å². The summed E-state index contributed by atoms with van der Waals surface area (Å²) in [5, 5.41) is 6.97. The summed E-state index contributed by atoms with van der Waals surface area (Å²) in [5.41, 5.74) is 12.8. The third-order valence-electron chi connectivity index (χ3n) is 11.6. The molecule has 0 atom stereocenters. The summed E-state index contributed by atoms with van der Waals surface area (Å²) in [5.74, 6) is 1.07. The molecule has 6 heteroatoms. The molecule has 0 radical (unpaired) electrons. The van der Waals surface area contributed by atoms with Gasteiger partial charge in [-0.15, -0.1) is 0 Å². The second kappa shape index (κ2) is 20.3. The Morgan fingerprint density at radius 1 is 0.517 bits per heavy atom. The van der Waals surface area contributed by atoms with Gasteiger partial charge in [-0.05, 0) is 139 Å². The molecule has 306 valence electrons. The van der Waals surface area contributed by atoms with Crippen LogP contribution in [-0.2, 0) is 14.2 Å². The SMILES string of the molecule is CCC1(COCCCCCCOC2=CC=C(N(c3ccc(-c4ccc(Nc5ccccc5)cc4)cc3)c3ccc(-c4ccc(Nc5ccccc5)cc4)cc3)CC2)COC1. The Hall–Kier alpha value is -6.08. The van der Waals surface area contributed by atoms with Crippen molar-refractivity contribution in [2.45, 2.75) is 51.9 Å². The number of benzene rings is 6. The third-order valence-corrected chi connectivity index (χ3v) is 11.6. The molecule has 0 aromatic heterocycles. The monoisotopic (exact) mass is 795 g/mol. The van der Waals surface area contributed by atoms with Gasteiger partial charge in [0.25, 0.3) is 0 Å². The molecule has 1 heterocycles. The van der Waals surface area contributed by atoms with Gasteiger partial charge in [-0.1, -0.05) is 98.3 Å². The van der Waals surface area contributed by atoms with E-state index in [1.54, 1.807) is 0 Å². The van der Waals surface area contributed by atoms with Crippen molar-refractivity contribution < 1.29 is 14.2 Å². The zero-order chi connectivity index (χ0) is 40.8. The molecule has 6 nitrogen and oxygen atoms in total. The maximum absolute atomic E-state index is 6.29. The van der Waals surface area contributed by atoms with Crippen molar-refractivity contribution in [3.05, 3.63) is 181 Å². The number of allylic oxidation sites excluding steroid dienone is 4. The molecule has 60 heavy (non-hydrogen) atoms. The molecule has 1 aliphatic carbocycles. The molecule has 8 rings (SSSR count). The second-order valence-electron chi connectivity index (χ2n) is 16.0. The highest BCUT2D eigenvalue weighted by atomic mass is 16.5. The molecule has 0 bridgehead atoms. The molecule has 6 aromatic rings. The lowest BCUT2D eigenvalue weighted by molar-refractivity contribution is -0.150. The number of hydrogen-bond donors (Lipinski definition) is 2. The summed E-state index contributed by atoms with van der Waals surface area (Å²) in [6.45, 7) is 6.35. The van der Waals surface area contributed by atoms with Crippen molar-refractivity contribution in [1.29, 1.82) is 0 Å². The summed E-state index contributed by atoms with van der Waals surface area (Å²) < 4.78 is 17.7. The quantitative estimate of drug-likeness (QED) is 0.0751. The van der Waals surface area contributed by atoms with Crippen LogP contribution in [0.25, 0.3) is 22.3 Å². The summed E-state index contributed by atoms with van der Waals surface area (Å²) in [4.78, 5) is 2.39. The molecule has 6 aromatic carbocycles.